The predicted octanol–water partition coefficient (Wildman–Crippen LogP) is 3.20. The lowest BCUT2D eigenvalue weighted by molar-refractivity contribution is -0.121. The van der Waals surface area contributed by atoms with Gasteiger partial charge in [-0.1, -0.05) is 11.6 Å². The molecule has 0 spiro atoms. The molecule has 2 aromatic rings. The molecule has 0 unspecified atom stereocenters. The largest absolute Gasteiger partial charge is 0.464 e. The fraction of sp³-hybridized carbons (Fsp3) is 0.400. The Morgan fingerprint density at radius 2 is 2.06 bits per heavy atom. The summed E-state index contributed by atoms with van der Waals surface area (Å²) in [7, 11) is 0. The monoisotopic (exact) mass is 245 g/mol. The van der Waals surface area contributed by atoms with Gasteiger partial charge in [-0.15, -0.1) is 0 Å². The number of hydrogen-bond acceptors (Lipinski definition) is 2. The van der Waals surface area contributed by atoms with Crippen molar-refractivity contribution in [2.24, 2.45) is 0 Å². The third-order valence-corrected chi connectivity index (χ3v) is 2.67. The van der Waals surface area contributed by atoms with Crippen LogP contribution in [-0.2, 0) is 11.2 Å². The molecule has 1 aromatic heterocycles. The maximum atomic E-state index is 11.9. The Hall–Kier alpha value is -1.77. The fourth-order valence-electron chi connectivity index (χ4n) is 1.97. The molecule has 3 nitrogen and oxygen atoms in total. The van der Waals surface area contributed by atoms with E-state index in [1.807, 2.05) is 39.8 Å². The highest BCUT2D eigenvalue weighted by atomic mass is 16.3. The zero-order valence-corrected chi connectivity index (χ0v) is 11.3. The maximum absolute atomic E-state index is 11.9. The molecule has 0 atom stereocenters. The Labute approximate surface area is 107 Å². The van der Waals surface area contributed by atoms with Crippen molar-refractivity contribution in [2.75, 3.05) is 0 Å². The van der Waals surface area contributed by atoms with Crippen LogP contribution in [0.4, 0.5) is 0 Å². The number of carbonyl (C=O) groups is 1. The van der Waals surface area contributed by atoms with Crippen molar-refractivity contribution in [2.45, 2.75) is 39.7 Å². The van der Waals surface area contributed by atoms with Gasteiger partial charge in [-0.25, -0.2) is 0 Å². The third-order valence-electron chi connectivity index (χ3n) is 2.67. The summed E-state index contributed by atoms with van der Waals surface area (Å²) in [4.78, 5) is 11.9. The summed E-state index contributed by atoms with van der Waals surface area (Å²) in [5.74, 6) is 0.0201. The summed E-state index contributed by atoms with van der Waals surface area (Å²) >= 11 is 0. The van der Waals surface area contributed by atoms with Crippen LogP contribution >= 0.6 is 0 Å². The number of hydrogen-bond donors (Lipinski definition) is 1. The zero-order chi connectivity index (χ0) is 13.3. The van der Waals surface area contributed by atoms with Crippen molar-refractivity contribution in [1.82, 2.24) is 5.32 Å². The van der Waals surface area contributed by atoms with Crippen LogP contribution < -0.4 is 5.32 Å². The summed E-state index contributed by atoms with van der Waals surface area (Å²) in [6, 6.07) is 6.00. The number of fused-ring (bicyclic) bond motifs is 1. The van der Waals surface area contributed by atoms with Gasteiger partial charge in [0.2, 0.25) is 5.91 Å². The molecule has 96 valence electrons. The molecule has 1 N–H and O–H groups in total. The Morgan fingerprint density at radius 1 is 1.33 bits per heavy atom. The van der Waals surface area contributed by atoms with Crippen molar-refractivity contribution in [3.63, 3.8) is 0 Å². The normalized spacial score (nSPS) is 11.8. The predicted molar refractivity (Wildman–Crippen MR) is 72.6 cm³/mol. The topological polar surface area (TPSA) is 42.2 Å². The second-order valence-corrected chi connectivity index (χ2v) is 5.74. The zero-order valence-electron chi connectivity index (χ0n) is 11.3. The highest BCUT2D eigenvalue weighted by Gasteiger charge is 2.16. The number of aryl methyl sites for hydroxylation is 1. The average molecular weight is 245 g/mol. The van der Waals surface area contributed by atoms with Gasteiger partial charge in [-0.2, -0.15) is 0 Å². The van der Waals surface area contributed by atoms with E-state index in [0.717, 1.165) is 16.5 Å². The van der Waals surface area contributed by atoms with E-state index >= 15 is 0 Å². The first-order valence-electron chi connectivity index (χ1n) is 6.13. The van der Waals surface area contributed by atoms with Crippen molar-refractivity contribution in [3.8, 4) is 0 Å². The van der Waals surface area contributed by atoms with Gasteiger partial charge in [0, 0.05) is 16.5 Å². The molecule has 18 heavy (non-hydrogen) atoms. The second-order valence-electron chi connectivity index (χ2n) is 5.74. The summed E-state index contributed by atoms with van der Waals surface area (Å²) in [6.07, 6.45) is 2.03. The Balaban J connectivity index is 2.22. The quantitative estimate of drug-likeness (QED) is 0.882. The molecule has 1 aromatic carbocycles. The molecule has 0 bridgehead atoms. The van der Waals surface area contributed by atoms with Crippen molar-refractivity contribution >= 4 is 16.9 Å². The minimum absolute atomic E-state index is 0.0201. The first-order chi connectivity index (χ1) is 8.35. The number of amides is 1. The summed E-state index contributed by atoms with van der Waals surface area (Å²) < 4.78 is 5.46. The Kier molecular flexibility index (Phi) is 3.16. The van der Waals surface area contributed by atoms with E-state index in [1.165, 1.54) is 5.56 Å². The summed E-state index contributed by atoms with van der Waals surface area (Å²) in [5, 5.41) is 3.98. The van der Waals surface area contributed by atoms with E-state index in [4.69, 9.17) is 4.42 Å². The highest BCUT2D eigenvalue weighted by molar-refractivity contribution is 5.88. The van der Waals surface area contributed by atoms with Crippen LogP contribution in [0.1, 0.15) is 31.9 Å². The first kappa shape index (κ1) is 12.7. The van der Waals surface area contributed by atoms with Crippen LogP contribution in [0.3, 0.4) is 0 Å². The van der Waals surface area contributed by atoms with Crippen molar-refractivity contribution in [3.05, 3.63) is 35.6 Å². The van der Waals surface area contributed by atoms with Crippen LogP contribution in [0.2, 0.25) is 0 Å². The van der Waals surface area contributed by atoms with Crippen LogP contribution in [0, 0.1) is 6.92 Å². The van der Waals surface area contributed by atoms with Crippen LogP contribution in [0.25, 0.3) is 11.0 Å². The molecule has 0 saturated carbocycles. The lowest BCUT2D eigenvalue weighted by Gasteiger charge is -2.20. The van der Waals surface area contributed by atoms with E-state index in [2.05, 4.69) is 11.4 Å². The molecule has 1 heterocycles. The number of furan rings is 1. The van der Waals surface area contributed by atoms with E-state index in [9.17, 15) is 4.79 Å². The minimum atomic E-state index is -0.202. The number of rotatable bonds is 2. The molecule has 0 saturated heterocycles. The van der Waals surface area contributed by atoms with E-state index in [-0.39, 0.29) is 11.4 Å². The van der Waals surface area contributed by atoms with Gasteiger partial charge >= 0.3 is 0 Å². The molecular weight excluding hydrogens is 226 g/mol. The smallest absolute Gasteiger partial charge is 0.224 e. The highest BCUT2D eigenvalue weighted by Crippen LogP contribution is 2.22. The number of carbonyl (C=O) groups excluding carboxylic acids is 1. The van der Waals surface area contributed by atoms with E-state index in [1.54, 1.807) is 6.26 Å². The van der Waals surface area contributed by atoms with Crippen LogP contribution in [0.15, 0.2) is 28.9 Å². The standard InChI is InChI=1S/C15H19NO2/c1-10-5-6-13-12(7-10)11(9-18-13)8-14(17)16-15(2,3)4/h5-7,9H,8H2,1-4H3,(H,16,17). The summed E-state index contributed by atoms with van der Waals surface area (Å²) in [6.45, 7) is 7.96. The van der Waals surface area contributed by atoms with Crippen molar-refractivity contribution in [1.29, 1.82) is 0 Å². The van der Waals surface area contributed by atoms with E-state index < -0.39 is 0 Å². The molecule has 2 rings (SSSR count). The minimum Gasteiger partial charge on any atom is -0.464 e. The average Bonchev–Trinajstić information content (AvgIpc) is 2.58. The van der Waals surface area contributed by atoms with Crippen molar-refractivity contribution < 1.29 is 9.21 Å². The molecule has 1 amide bonds. The lowest BCUT2D eigenvalue weighted by Crippen LogP contribution is -2.41. The number of benzene rings is 1. The molecule has 0 fully saturated rings. The van der Waals surface area contributed by atoms with Gasteiger partial charge in [0.25, 0.3) is 0 Å². The Morgan fingerprint density at radius 3 is 2.72 bits per heavy atom. The second kappa shape index (κ2) is 4.48. The van der Waals surface area contributed by atoms with E-state index in [0.29, 0.717) is 6.42 Å². The van der Waals surface area contributed by atoms with Gasteiger partial charge in [0.1, 0.15) is 5.58 Å². The molecule has 0 radical (unpaired) electrons. The number of nitrogens with one attached hydrogen (secondary N) is 1. The Bertz CT molecular complexity index is 576. The maximum Gasteiger partial charge on any atom is 0.224 e. The van der Waals surface area contributed by atoms with Crippen LogP contribution in [0.5, 0.6) is 0 Å². The van der Waals surface area contributed by atoms with Crippen LogP contribution in [-0.4, -0.2) is 11.4 Å². The molecule has 3 heteroatoms. The SMILES string of the molecule is Cc1ccc2occ(CC(=O)NC(C)(C)C)c2c1. The third kappa shape index (κ3) is 2.92. The fourth-order valence-corrected chi connectivity index (χ4v) is 1.97. The molecular formula is C15H19NO2. The molecule has 0 aliphatic carbocycles. The van der Waals surface area contributed by atoms with Gasteiger partial charge in [0.05, 0.1) is 12.7 Å². The molecule has 0 aliphatic heterocycles. The van der Waals surface area contributed by atoms with Gasteiger partial charge in [-0.3, -0.25) is 4.79 Å². The molecule has 0 aliphatic rings. The summed E-state index contributed by atoms with van der Waals surface area (Å²) in [5.41, 5.74) is 2.74. The first-order valence-corrected chi connectivity index (χ1v) is 6.13. The van der Waals surface area contributed by atoms with Gasteiger partial charge in [0.15, 0.2) is 0 Å². The van der Waals surface area contributed by atoms with Gasteiger partial charge in [-0.05, 0) is 39.8 Å². The lowest BCUT2D eigenvalue weighted by atomic mass is 10.1. The van der Waals surface area contributed by atoms with Gasteiger partial charge < -0.3 is 9.73 Å².